The van der Waals surface area contributed by atoms with Gasteiger partial charge in [-0.1, -0.05) is 26.4 Å². The fourth-order valence-electron chi connectivity index (χ4n) is 0.460. The van der Waals surface area contributed by atoms with Crippen LogP contribution < -0.4 is 0 Å². The van der Waals surface area contributed by atoms with Crippen LogP contribution in [0.25, 0.3) is 0 Å². The summed E-state index contributed by atoms with van der Waals surface area (Å²) >= 11 is 4.96. The van der Waals surface area contributed by atoms with Crippen molar-refractivity contribution in [1.82, 2.24) is 0 Å². The number of hydrogen-bond donors (Lipinski definition) is 0. The van der Waals surface area contributed by atoms with E-state index in [1.807, 2.05) is 0 Å². The average molecular weight is 219 g/mol. The maximum atomic E-state index is 11.6. The van der Waals surface area contributed by atoms with Gasteiger partial charge in [0.15, 0.2) is 0 Å². The van der Waals surface area contributed by atoms with Crippen LogP contribution in [0.15, 0.2) is 0 Å². The molecule has 0 aliphatic rings. The van der Waals surface area contributed by atoms with E-state index in [-0.39, 0.29) is 6.42 Å². The Hall–Kier alpha value is 0.290. The van der Waals surface area contributed by atoms with Crippen LogP contribution in [0.5, 0.6) is 0 Å². The lowest BCUT2D eigenvalue weighted by atomic mass is 10.4. The third-order valence-electron chi connectivity index (χ3n) is 0.939. The summed E-state index contributed by atoms with van der Waals surface area (Å²) in [6.07, 6.45) is -0.118. The van der Waals surface area contributed by atoms with E-state index < -0.39 is 21.4 Å². The molecule has 0 spiro atoms. The van der Waals surface area contributed by atoms with Crippen LogP contribution in [0.1, 0.15) is 13.3 Å². The first kappa shape index (κ1) is 11.3. The quantitative estimate of drug-likeness (QED) is 0.489. The van der Waals surface area contributed by atoms with Gasteiger partial charge in [0.25, 0.3) is 10.2 Å². The molecule has 0 aliphatic carbocycles. The van der Waals surface area contributed by atoms with Gasteiger partial charge in [-0.3, -0.25) is 0 Å². The lowest BCUT2D eigenvalue weighted by Crippen LogP contribution is -2.19. The van der Waals surface area contributed by atoms with Crippen molar-refractivity contribution in [3.63, 3.8) is 0 Å². The number of hydrogen-bond acceptors (Lipinski definition) is 0. The average Bonchev–Trinajstić information content (AvgIpc) is 1.57. The topological polar surface area (TPSA) is 0 Å². The highest BCUT2D eigenvalue weighted by atomic mass is 35.5. The van der Waals surface area contributed by atoms with Gasteiger partial charge < -0.3 is 0 Å². The van der Waals surface area contributed by atoms with Gasteiger partial charge in [0.1, 0.15) is 5.75 Å². The zero-order valence-corrected chi connectivity index (χ0v) is 7.24. The Morgan fingerprint density at radius 3 is 1.64 bits per heavy atom. The van der Waals surface area contributed by atoms with Gasteiger partial charge in [-0.05, 0) is 6.42 Å². The molecule has 0 N–H and O–H groups in total. The summed E-state index contributed by atoms with van der Waals surface area (Å²) in [6, 6.07) is 0. The van der Waals surface area contributed by atoms with Crippen LogP contribution >= 0.6 is 21.8 Å². The Morgan fingerprint density at radius 1 is 1.18 bits per heavy atom. The molecule has 0 aromatic carbocycles. The Bertz CT molecular complexity index is 146. The number of rotatable bonds is 3. The van der Waals surface area contributed by atoms with E-state index in [0.717, 1.165) is 0 Å². The van der Waals surface area contributed by atoms with Crippen molar-refractivity contribution in [2.75, 3.05) is 5.75 Å². The summed E-state index contributed by atoms with van der Waals surface area (Å²) in [5.41, 5.74) is 0. The first-order valence-electron chi connectivity index (χ1n) is 2.80. The summed E-state index contributed by atoms with van der Waals surface area (Å²) in [5.74, 6) is -2.17. The van der Waals surface area contributed by atoms with Gasteiger partial charge in [-0.25, -0.2) is 0 Å². The second-order valence-electron chi connectivity index (χ2n) is 2.30. The van der Waals surface area contributed by atoms with Crippen LogP contribution in [-0.2, 0) is 0 Å². The second kappa shape index (κ2) is 2.16. The zero-order valence-electron chi connectivity index (χ0n) is 5.67. The van der Waals surface area contributed by atoms with Crippen molar-refractivity contribution in [2.45, 2.75) is 18.7 Å². The summed E-state index contributed by atoms with van der Waals surface area (Å²) < 4.78 is 57.8. The van der Waals surface area contributed by atoms with Gasteiger partial charge in [-0.15, -0.1) is 11.6 Å². The van der Waals surface area contributed by atoms with E-state index in [1.54, 1.807) is 0 Å². The maximum Gasteiger partial charge on any atom is 0.287 e. The summed E-state index contributed by atoms with van der Waals surface area (Å²) in [7, 11) is -9.26. The molecule has 72 valence electrons. The van der Waals surface area contributed by atoms with Crippen LogP contribution in [-0.4, -0.2) is 11.1 Å². The highest BCUT2D eigenvalue weighted by molar-refractivity contribution is 8.45. The minimum Gasteiger partial charge on any atom is -0.122 e. The predicted octanol–water partition coefficient (Wildman–Crippen LogP) is 4.30. The highest BCUT2D eigenvalue weighted by Gasteiger charge is 2.63. The van der Waals surface area contributed by atoms with Gasteiger partial charge >= 0.3 is 0 Å². The van der Waals surface area contributed by atoms with E-state index in [9.17, 15) is 19.4 Å². The third kappa shape index (κ3) is 8.19. The Balaban J connectivity index is 4.38. The molecule has 0 amide bonds. The molecular formula is C4H8ClF5S. The molecule has 0 saturated heterocycles. The number of halogens is 6. The molecule has 0 bridgehead atoms. The minimum atomic E-state index is -9.26. The fraction of sp³-hybridized carbons (Fsp3) is 1.00. The number of alkyl halides is 1. The van der Waals surface area contributed by atoms with E-state index in [0.29, 0.717) is 0 Å². The molecule has 0 radical (unpaired) electrons. The third-order valence-corrected chi connectivity index (χ3v) is 2.62. The molecule has 7 heteroatoms. The minimum absolute atomic E-state index is 0.118. The molecule has 0 aliphatic heterocycles. The molecule has 0 fully saturated rings. The lowest BCUT2D eigenvalue weighted by molar-refractivity contribution is 0.362. The van der Waals surface area contributed by atoms with Crippen LogP contribution in [0.4, 0.5) is 19.4 Å². The molecular weight excluding hydrogens is 211 g/mol. The van der Waals surface area contributed by atoms with Gasteiger partial charge in [0, 0.05) is 0 Å². The van der Waals surface area contributed by atoms with Crippen molar-refractivity contribution in [2.24, 2.45) is 0 Å². The first-order chi connectivity index (χ1) is 4.43. The normalized spacial score (nSPS) is 22.1. The van der Waals surface area contributed by atoms with Crippen LogP contribution in [0.3, 0.4) is 0 Å². The first-order valence-corrected chi connectivity index (χ1v) is 5.36. The second-order valence-corrected chi connectivity index (χ2v) is 5.51. The van der Waals surface area contributed by atoms with E-state index in [1.165, 1.54) is 6.92 Å². The standard InChI is InChI=1S/C4H8ClF5S/c1-2-4(5)3-11(6,7,8,9)10/h4H,2-3H2,1H3. The molecule has 0 heterocycles. The molecule has 1 unspecified atom stereocenters. The van der Waals surface area contributed by atoms with E-state index in [2.05, 4.69) is 0 Å². The fourth-order valence-corrected chi connectivity index (χ4v) is 2.09. The van der Waals surface area contributed by atoms with Crippen LogP contribution in [0, 0.1) is 0 Å². The molecule has 0 rings (SSSR count). The summed E-state index contributed by atoms with van der Waals surface area (Å²) in [5, 5.41) is -1.52. The molecule has 0 aromatic heterocycles. The SMILES string of the molecule is CCC(Cl)CS(F)(F)(F)(F)F. The van der Waals surface area contributed by atoms with E-state index in [4.69, 9.17) is 11.6 Å². The largest absolute Gasteiger partial charge is 0.287 e. The highest BCUT2D eigenvalue weighted by Crippen LogP contribution is 2.98. The molecule has 1 atom stereocenters. The van der Waals surface area contributed by atoms with Gasteiger partial charge in [0.2, 0.25) is 0 Å². The predicted molar refractivity (Wildman–Crippen MR) is 37.9 cm³/mol. The van der Waals surface area contributed by atoms with Gasteiger partial charge in [-0.2, -0.15) is 0 Å². The van der Waals surface area contributed by atoms with Gasteiger partial charge in [0.05, 0.1) is 5.38 Å². The van der Waals surface area contributed by atoms with Crippen molar-refractivity contribution in [1.29, 1.82) is 0 Å². The van der Waals surface area contributed by atoms with Crippen molar-refractivity contribution in [3.05, 3.63) is 0 Å². The molecule has 0 aromatic rings. The Morgan fingerprint density at radius 2 is 1.55 bits per heavy atom. The molecule has 0 nitrogen and oxygen atoms in total. The van der Waals surface area contributed by atoms with Crippen LogP contribution in [0.2, 0.25) is 0 Å². The smallest absolute Gasteiger partial charge is 0.122 e. The Kier molecular flexibility index (Phi) is 2.21. The monoisotopic (exact) mass is 218 g/mol. The molecule has 11 heavy (non-hydrogen) atoms. The summed E-state index contributed by atoms with van der Waals surface area (Å²) in [4.78, 5) is 0. The van der Waals surface area contributed by atoms with Crippen molar-refractivity contribution in [3.8, 4) is 0 Å². The zero-order chi connectivity index (χ0) is 9.40. The lowest BCUT2D eigenvalue weighted by Gasteiger charge is -2.41. The van der Waals surface area contributed by atoms with E-state index >= 15 is 0 Å². The summed E-state index contributed by atoms with van der Waals surface area (Å²) in [6.45, 7) is 1.32. The Labute approximate surface area is 66.4 Å². The van der Waals surface area contributed by atoms with Crippen molar-refractivity contribution < 1.29 is 19.4 Å². The van der Waals surface area contributed by atoms with Crippen molar-refractivity contribution >= 4 is 21.8 Å². The molecule has 0 saturated carbocycles. The maximum absolute atomic E-state index is 11.6.